The number of rotatable bonds is 10. The number of para-hydroxylation sites is 1. The number of ether oxygens (including phenoxy) is 1. The Balaban J connectivity index is 0.000000342. The highest BCUT2D eigenvalue weighted by Gasteiger charge is 2.26. The highest BCUT2D eigenvalue weighted by Crippen LogP contribution is 2.39. The van der Waals surface area contributed by atoms with Gasteiger partial charge < -0.3 is 14.9 Å². The largest absolute Gasteiger partial charge is 0.508 e. The number of unbranched alkanes of at least 4 members (excludes halogenated alkanes) is 6. The van der Waals surface area contributed by atoms with Gasteiger partial charge in [-0.15, -0.1) is 0 Å². The van der Waals surface area contributed by atoms with Gasteiger partial charge in [-0.2, -0.15) is 0 Å². The fourth-order valence-electron chi connectivity index (χ4n) is 4.08. The summed E-state index contributed by atoms with van der Waals surface area (Å²) in [6.07, 6.45) is 10.3. The Morgan fingerprint density at radius 1 is 0.735 bits per heavy atom. The van der Waals surface area contributed by atoms with Gasteiger partial charge in [-0.1, -0.05) is 105 Å². The van der Waals surface area contributed by atoms with Gasteiger partial charge in [-0.25, -0.2) is 0 Å². The fourth-order valence-corrected chi connectivity index (χ4v) is 4.08. The third-order valence-electron chi connectivity index (χ3n) is 6.14. The molecule has 2 aromatic rings. The van der Waals surface area contributed by atoms with Gasteiger partial charge in [-0.3, -0.25) is 0 Å². The van der Waals surface area contributed by atoms with Crippen LogP contribution in [0.3, 0.4) is 0 Å². The summed E-state index contributed by atoms with van der Waals surface area (Å²) in [5, 5.41) is 20.1. The second kappa shape index (κ2) is 14.4. The smallest absolute Gasteiger partial charge is 0.123 e. The Labute approximate surface area is 209 Å². The van der Waals surface area contributed by atoms with Gasteiger partial charge in [0.2, 0.25) is 0 Å². The molecule has 3 heteroatoms. The molecule has 2 rings (SSSR count). The van der Waals surface area contributed by atoms with Crippen molar-refractivity contribution in [2.24, 2.45) is 0 Å². The molecule has 0 bridgehead atoms. The minimum Gasteiger partial charge on any atom is -0.508 e. The lowest BCUT2D eigenvalue weighted by Gasteiger charge is -2.28. The Hall–Kier alpha value is -2.00. The van der Waals surface area contributed by atoms with Gasteiger partial charge in [0.15, 0.2) is 0 Å². The van der Waals surface area contributed by atoms with Gasteiger partial charge >= 0.3 is 0 Å². The monoisotopic (exact) mass is 470 g/mol. The predicted molar refractivity (Wildman–Crippen MR) is 146 cm³/mol. The van der Waals surface area contributed by atoms with E-state index in [0.717, 1.165) is 28.7 Å². The first-order chi connectivity index (χ1) is 15.9. The summed E-state index contributed by atoms with van der Waals surface area (Å²) in [6.45, 7) is 15.5. The van der Waals surface area contributed by atoms with Crippen molar-refractivity contribution in [3.8, 4) is 11.5 Å². The fraction of sp³-hybridized carbons (Fsp3) is 0.613. The lowest BCUT2D eigenvalue weighted by Crippen LogP contribution is -2.18. The molecule has 3 nitrogen and oxygen atoms in total. The summed E-state index contributed by atoms with van der Waals surface area (Å²) < 4.78 is 5.22. The summed E-state index contributed by atoms with van der Waals surface area (Å²) in [4.78, 5) is 0. The van der Waals surface area contributed by atoms with E-state index >= 15 is 0 Å². The summed E-state index contributed by atoms with van der Waals surface area (Å²) in [5.74, 6) is 0.878. The molecule has 0 saturated heterocycles. The van der Waals surface area contributed by atoms with Crippen LogP contribution in [0.2, 0.25) is 0 Å². The molecule has 2 N–H and O–H groups in total. The molecule has 34 heavy (non-hydrogen) atoms. The maximum absolute atomic E-state index is 10.5. The van der Waals surface area contributed by atoms with Crippen molar-refractivity contribution in [2.75, 3.05) is 7.11 Å². The maximum Gasteiger partial charge on any atom is 0.123 e. The van der Waals surface area contributed by atoms with Gasteiger partial charge in [0.25, 0.3) is 0 Å². The van der Waals surface area contributed by atoms with Crippen LogP contribution in [0.4, 0.5) is 0 Å². The van der Waals surface area contributed by atoms with Crippen LogP contribution in [-0.2, 0) is 28.6 Å². The van der Waals surface area contributed by atoms with Crippen LogP contribution in [0.1, 0.15) is 116 Å². The first kappa shape index (κ1) is 30.0. The number of phenols is 2. The molecule has 2 aromatic carbocycles. The lowest BCUT2D eigenvalue weighted by molar-refractivity contribution is 0.184. The first-order valence-corrected chi connectivity index (χ1v) is 13.0. The van der Waals surface area contributed by atoms with Crippen molar-refractivity contribution >= 4 is 0 Å². The summed E-state index contributed by atoms with van der Waals surface area (Å²) in [7, 11) is 1.69. The van der Waals surface area contributed by atoms with E-state index in [0.29, 0.717) is 18.1 Å². The molecule has 192 valence electrons. The molecule has 0 aliphatic carbocycles. The lowest BCUT2D eigenvalue weighted by atomic mass is 9.78. The molecule has 0 fully saturated rings. The second-order valence-corrected chi connectivity index (χ2v) is 11.5. The Morgan fingerprint density at radius 3 is 1.71 bits per heavy atom. The van der Waals surface area contributed by atoms with E-state index in [2.05, 4.69) is 48.5 Å². The van der Waals surface area contributed by atoms with Gasteiger partial charge in [0.05, 0.1) is 6.61 Å². The first-order valence-electron chi connectivity index (χ1n) is 13.0. The van der Waals surface area contributed by atoms with Crippen molar-refractivity contribution in [3.63, 3.8) is 0 Å². The average Bonchev–Trinajstić information content (AvgIpc) is 2.74. The zero-order chi connectivity index (χ0) is 25.8. The van der Waals surface area contributed by atoms with Gasteiger partial charge in [0.1, 0.15) is 11.5 Å². The van der Waals surface area contributed by atoms with Crippen LogP contribution in [0.25, 0.3) is 0 Å². The Kier molecular flexibility index (Phi) is 12.7. The number of aromatic hydroxyl groups is 2. The molecule has 0 aliphatic rings. The zero-order valence-corrected chi connectivity index (χ0v) is 23.1. The van der Waals surface area contributed by atoms with E-state index in [1.165, 1.54) is 44.9 Å². The number of benzene rings is 2. The molecule has 0 aromatic heterocycles. The van der Waals surface area contributed by atoms with E-state index in [1.807, 2.05) is 30.3 Å². The van der Waals surface area contributed by atoms with Gasteiger partial charge in [0, 0.05) is 7.11 Å². The average molecular weight is 471 g/mol. The van der Waals surface area contributed by atoms with Crippen LogP contribution in [0, 0.1) is 0 Å². The zero-order valence-electron chi connectivity index (χ0n) is 23.1. The molecule has 0 atom stereocenters. The minimum atomic E-state index is -0.0756. The van der Waals surface area contributed by atoms with Crippen molar-refractivity contribution in [2.45, 2.75) is 117 Å². The molecular weight excluding hydrogens is 420 g/mol. The van der Waals surface area contributed by atoms with Crippen LogP contribution in [0.15, 0.2) is 36.4 Å². The molecular formula is C31H50O3. The molecule has 0 unspecified atom stereocenters. The molecule has 0 heterocycles. The van der Waals surface area contributed by atoms with Crippen LogP contribution in [0.5, 0.6) is 11.5 Å². The normalized spacial score (nSPS) is 11.8. The van der Waals surface area contributed by atoms with Crippen molar-refractivity contribution < 1.29 is 14.9 Å². The highest BCUT2D eigenvalue weighted by atomic mass is 16.5. The van der Waals surface area contributed by atoms with E-state index in [-0.39, 0.29) is 10.8 Å². The van der Waals surface area contributed by atoms with E-state index in [4.69, 9.17) is 4.74 Å². The van der Waals surface area contributed by atoms with E-state index in [1.54, 1.807) is 13.2 Å². The van der Waals surface area contributed by atoms with Crippen molar-refractivity contribution in [1.29, 1.82) is 0 Å². The van der Waals surface area contributed by atoms with Crippen LogP contribution >= 0.6 is 0 Å². The highest BCUT2D eigenvalue weighted by molar-refractivity contribution is 5.49. The number of hydrogen-bond acceptors (Lipinski definition) is 3. The third-order valence-corrected chi connectivity index (χ3v) is 6.14. The van der Waals surface area contributed by atoms with Crippen molar-refractivity contribution in [3.05, 3.63) is 58.7 Å². The molecule has 0 aliphatic heterocycles. The standard InChI is InChI=1S/C16H26O2.C15H24O/c1-15(2,3)12-8-11(10-18-7)9-13(14(12)17)16(4,5)6;1-2-3-4-5-6-7-8-11-14-12-9-10-13-15(14)16/h8-9,17H,10H2,1-7H3;9-10,12-13,16H,2-8,11H2,1H3. The quantitative estimate of drug-likeness (QED) is 0.341. The summed E-state index contributed by atoms with van der Waals surface area (Å²) in [5.41, 5.74) is 4.03. The van der Waals surface area contributed by atoms with Gasteiger partial charge in [-0.05, 0) is 64.1 Å². The third kappa shape index (κ3) is 10.5. The van der Waals surface area contributed by atoms with E-state index < -0.39 is 0 Å². The van der Waals surface area contributed by atoms with Crippen LogP contribution < -0.4 is 0 Å². The minimum absolute atomic E-state index is 0.0756. The second-order valence-electron chi connectivity index (χ2n) is 11.5. The maximum atomic E-state index is 10.5. The predicted octanol–water partition coefficient (Wildman–Crippen LogP) is 8.82. The summed E-state index contributed by atoms with van der Waals surface area (Å²) in [6, 6.07) is 11.8. The SMILES string of the molecule is CCCCCCCCCc1ccccc1O.COCc1cc(C(C)(C)C)c(O)c(C(C)(C)C)c1. The topological polar surface area (TPSA) is 49.7 Å². The summed E-state index contributed by atoms with van der Waals surface area (Å²) >= 11 is 0. The Morgan fingerprint density at radius 2 is 1.24 bits per heavy atom. The number of aryl methyl sites for hydroxylation is 1. The molecule has 0 spiro atoms. The number of hydrogen-bond donors (Lipinski definition) is 2. The molecule has 0 saturated carbocycles. The van der Waals surface area contributed by atoms with Crippen LogP contribution in [-0.4, -0.2) is 17.3 Å². The van der Waals surface area contributed by atoms with E-state index in [9.17, 15) is 10.2 Å². The number of phenolic OH excluding ortho intramolecular Hbond substituents is 2. The van der Waals surface area contributed by atoms with Crippen molar-refractivity contribution in [1.82, 2.24) is 0 Å². The number of methoxy groups -OCH3 is 1. The molecule has 0 amide bonds. The molecule has 0 radical (unpaired) electrons. The Bertz CT molecular complexity index is 805.